The van der Waals surface area contributed by atoms with Crippen LogP contribution in [-0.4, -0.2) is 35.2 Å². The normalized spacial score (nSPS) is 10.2. The quantitative estimate of drug-likeness (QED) is 0.840. The van der Waals surface area contributed by atoms with Crippen molar-refractivity contribution in [2.75, 3.05) is 36.1 Å². The molecule has 1 aromatic heterocycles. The molecule has 0 saturated carbocycles. The van der Waals surface area contributed by atoms with Crippen molar-refractivity contribution in [1.82, 2.24) is 15.0 Å². The molecule has 1 aromatic carbocycles. The maximum Gasteiger partial charge on any atom is 0.233 e. The summed E-state index contributed by atoms with van der Waals surface area (Å²) in [6.07, 6.45) is 0. The number of methoxy groups -OCH3 is 1. The number of benzene rings is 1. The number of ether oxygens (including phenoxy) is 1. The summed E-state index contributed by atoms with van der Waals surface area (Å²) in [4.78, 5) is 14.7. The molecule has 7 nitrogen and oxygen atoms in total. The lowest BCUT2D eigenvalue weighted by Gasteiger charge is -2.19. The largest absolute Gasteiger partial charge is 0.497 e. The Balaban J connectivity index is 2.27. The van der Waals surface area contributed by atoms with Crippen LogP contribution in [0.25, 0.3) is 0 Å². The highest BCUT2D eigenvalue weighted by atomic mass is 16.5. The van der Waals surface area contributed by atoms with Gasteiger partial charge in [-0.1, -0.05) is 6.07 Å². The van der Waals surface area contributed by atoms with Crippen LogP contribution < -0.4 is 20.7 Å². The van der Waals surface area contributed by atoms with Gasteiger partial charge in [-0.3, -0.25) is 0 Å². The number of nitrogens with two attached hydrogens (primary N) is 1. The first-order valence-electron chi connectivity index (χ1n) is 6.83. The number of aromatic nitrogens is 3. The van der Waals surface area contributed by atoms with Gasteiger partial charge < -0.3 is 20.7 Å². The van der Waals surface area contributed by atoms with E-state index in [9.17, 15) is 0 Å². The minimum Gasteiger partial charge on any atom is -0.497 e. The van der Waals surface area contributed by atoms with Crippen molar-refractivity contribution in [3.63, 3.8) is 0 Å². The lowest BCUT2D eigenvalue weighted by molar-refractivity contribution is 0.415. The van der Waals surface area contributed by atoms with Gasteiger partial charge in [-0.2, -0.15) is 15.0 Å². The summed E-state index contributed by atoms with van der Waals surface area (Å²) in [5.41, 5.74) is 6.59. The summed E-state index contributed by atoms with van der Waals surface area (Å²) >= 11 is 0. The SMILES string of the molecule is CCN(CC)c1nc(N)nc(Nc2cccc(OC)c2)n1. The summed E-state index contributed by atoms with van der Waals surface area (Å²) in [7, 11) is 1.62. The van der Waals surface area contributed by atoms with Crippen LogP contribution in [0.1, 0.15) is 13.8 Å². The Bertz CT molecular complexity index is 600. The first kappa shape index (κ1) is 14.8. The van der Waals surface area contributed by atoms with Gasteiger partial charge in [-0.05, 0) is 26.0 Å². The second-order valence-electron chi connectivity index (χ2n) is 4.35. The van der Waals surface area contributed by atoms with Gasteiger partial charge in [0.15, 0.2) is 0 Å². The maximum atomic E-state index is 5.76. The van der Waals surface area contributed by atoms with Crippen LogP contribution in [0.15, 0.2) is 24.3 Å². The highest BCUT2D eigenvalue weighted by Gasteiger charge is 2.10. The Labute approximate surface area is 124 Å². The highest BCUT2D eigenvalue weighted by Crippen LogP contribution is 2.20. The molecule has 21 heavy (non-hydrogen) atoms. The zero-order chi connectivity index (χ0) is 15.2. The average Bonchev–Trinajstić information content (AvgIpc) is 2.48. The summed E-state index contributed by atoms with van der Waals surface area (Å²) < 4.78 is 5.19. The topological polar surface area (TPSA) is 89.2 Å². The number of anilines is 4. The van der Waals surface area contributed by atoms with Gasteiger partial charge in [0.2, 0.25) is 17.8 Å². The van der Waals surface area contributed by atoms with Gasteiger partial charge in [0.05, 0.1) is 7.11 Å². The zero-order valence-corrected chi connectivity index (χ0v) is 12.5. The molecule has 0 bridgehead atoms. The van der Waals surface area contributed by atoms with E-state index >= 15 is 0 Å². The highest BCUT2D eigenvalue weighted by molar-refractivity contribution is 5.57. The van der Waals surface area contributed by atoms with Crippen LogP contribution in [0.5, 0.6) is 5.75 Å². The molecule has 0 atom stereocenters. The van der Waals surface area contributed by atoms with E-state index in [1.807, 2.05) is 43.0 Å². The van der Waals surface area contributed by atoms with Crippen molar-refractivity contribution in [1.29, 1.82) is 0 Å². The Morgan fingerprint density at radius 3 is 2.62 bits per heavy atom. The summed E-state index contributed by atoms with van der Waals surface area (Å²) in [5, 5.41) is 3.11. The minimum absolute atomic E-state index is 0.192. The van der Waals surface area contributed by atoms with E-state index in [1.54, 1.807) is 7.11 Å². The van der Waals surface area contributed by atoms with Gasteiger partial charge in [-0.25, -0.2) is 0 Å². The number of rotatable bonds is 6. The molecule has 0 radical (unpaired) electrons. The van der Waals surface area contributed by atoms with Crippen LogP contribution in [0, 0.1) is 0 Å². The fourth-order valence-electron chi connectivity index (χ4n) is 1.91. The van der Waals surface area contributed by atoms with E-state index in [2.05, 4.69) is 20.3 Å². The molecule has 0 unspecified atom stereocenters. The molecule has 0 fully saturated rings. The first-order valence-corrected chi connectivity index (χ1v) is 6.83. The molecule has 2 aromatic rings. The number of hydrogen-bond acceptors (Lipinski definition) is 7. The molecule has 0 aliphatic rings. The lowest BCUT2D eigenvalue weighted by atomic mass is 10.3. The van der Waals surface area contributed by atoms with Crippen molar-refractivity contribution in [2.45, 2.75) is 13.8 Å². The fourth-order valence-corrected chi connectivity index (χ4v) is 1.91. The van der Waals surface area contributed by atoms with E-state index in [4.69, 9.17) is 10.5 Å². The zero-order valence-electron chi connectivity index (χ0n) is 12.5. The second-order valence-corrected chi connectivity index (χ2v) is 4.35. The molecule has 0 spiro atoms. The third-order valence-electron chi connectivity index (χ3n) is 3.01. The van der Waals surface area contributed by atoms with Crippen LogP contribution in [0.4, 0.5) is 23.5 Å². The van der Waals surface area contributed by atoms with Crippen LogP contribution in [0.3, 0.4) is 0 Å². The fraction of sp³-hybridized carbons (Fsp3) is 0.357. The number of nitrogens with one attached hydrogen (secondary N) is 1. The van der Waals surface area contributed by atoms with E-state index in [1.165, 1.54) is 0 Å². The third-order valence-corrected chi connectivity index (χ3v) is 3.01. The van der Waals surface area contributed by atoms with E-state index in [-0.39, 0.29) is 5.95 Å². The minimum atomic E-state index is 0.192. The molecule has 7 heteroatoms. The van der Waals surface area contributed by atoms with Gasteiger partial charge in [-0.15, -0.1) is 0 Å². The smallest absolute Gasteiger partial charge is 0.233 e. The van der Waals surface area contributed by atoms with Crippen molar-refractivity contribution in [2.24, 2.45) is 0 Å². The van der Waals surface area contributed by atoms with Crippen molar-refractivity contribution in [3.05, 3.63) is 24.3 Å². The summed E-state index contributed by atoms with van der Waals surface area (Å²) in [6, 6.07) is 7.52. The monoisotopic (exact) mass is 288 g/mol. The maximum absolute atomic E-state index is 5.76. The molecular formula is C14H20N6O. The van der Waals surface area contributed by atoms with Gasteiger partial charge >= 0.3 is 0 Å². The molecule has 2 rings (SSSR count). The van der Waals surface area contributed by atoms with Gasteiger partial charge in [0.25, 0.3) is 0 Å². The number of nitrogens with zero attached hydrogens (tertiary/aromatic N) is 4. The standard InChI is InChI=1S/C14H20N6O/c1-4-20(5-2)14-18-12(15)17-13(19-14)16-10-7-6-8-11(9-10)21-3/h6-9H,4-5H2,1-3H3,(H3,15,16,17,18,19). The Hall–Kier alpha value is -2.57. The third kappa shape index (κ3) is 3.71. The molecule has 112 valence electrons. The summed E-state index contributed by atoms with van der Waals surface area (Å²) in [6.45, 7) is 5.69. The lowest BCUT2D eigenvalue weighted by Crippen LogP contribution is -2.25. The van der Waals surface area contributed by atoms with Crippen molar-refractivity contribution >= 4 is 23.5 Å². The van der Waals surface area contributed by atoms with Crippen LogP contribution in [-0.2, 0) is 0 Å². The Morgan fingerprint density at radius 1 is 1.19 bits per heavy atom. The first-order chi connectivity index (χ1) is 10.2. The molecule has 1 heterocycles. The number of hydrogen-bond donors (Lipinski definition) is 2. The van der Waals surface area contributed by atoms with E-state index in [0.29, 0.717) is 11.9 Å². The second kappa shape index (κ2) is 6.74. The molecule has 3 N–H and O–H groups in total. The molecule has 0 saturated heterocycles. The molecule has 0 aliphatic heterocycles. The van der Waals surface area contributed by atoms with Gasteiger partial charge in [0.1, 0.15) is 5.75 Å². The average molecular weight is 288 g/mol. The van der Waals surface area contributed by atoms with Crippen molar-refractivity contribution in [3.8, 4) is 5.75 Å². The molecule has 0 amide bonds. The predicted molar refractivity (Wildman–Crippen MR) is 84.1 cm³/mol. The Morgan fingerprint density at radius 2 is 1.95 bits per heavy atom. The predicted octanol–water partition coefficient (Wildman–Crippen LogP) is 2.05. The van der Waals surface area contributed by atoms with E-state index in [0.717, 1.165) is 24.5 Å². The molecule has 0 aliphatic carbocycles. The summed E-state index contributed by atoms with van der Waals surface area (Å²) in [5.74, 6) is 1.93. The molecular weight excluding hydrogens is 268 g/mol. The van der Waals surface area contributed by atoms with E-state index < -0.39 is 0 Å². The Kier molecular flexibility index (Phi) is 4.76. The van der Waals surface area contributed by atoms with Crippen molar-refractivity contribution < 1.29 is 4.74 Å². The van der Waals surface area contributed by atoms with Crippen LogP contribution in [0.2, 0.25) is 0 Å². The van der Waals surface area contributed by atoms with Gasteiger partial charge in [0, 0.05) is 24.8 Å². The van der Waals surface area contributed by atoms with Crippen LogP contribution >= 0.6 is 0 Å². The number of nitrogen functional groups attached to an aromatic ring is 1.